The van der Waals surface area contributed by atoms with Crippen LogP contribution in [0.4, 0.5) is 0 Å². The molecule has 6 heteroatoms. The monoisotopic (exact) mass is 299 g/mol. The Balaban J connectivity index is 2.16. The Morgan fingerprint density at radius 3 is 2.71 bits per heavy atom. The Hall–Kier alpha value is -1.14. The Kier molecular flexibility index (Phi) is 8.30. The summed E-state index contributed by atoms with van der Waals surface area (Å²) in [4.78, 5) is 24.9. The van der Waals surface area contributed by atoms with E-state index in [4.69, 9.17) is 5.11 Å². The number of hydrogen-bond donors (Lipinski definition) is 3. The van der Waals surface area contributed by atoms with Crippen molar-refractivity contribution >= 4 is 11.9 Å². The van der Waals surface area contributed by atoms with Crippen molar-refractivity contribution in [2.75, 3.05) is 32.7 Å². The number of rotatable bonds is 8. The van der Waals surface area contributed by atoms with Gasteiger partial charge in [0.25, 0.3) is 0 Å². The molecule has 0 spiro atoms. The van der Waals surface area contributed by atoms with Crippen LogP contribution in [-0.4, -0.2) is 60.6 Å². The Morgan fingerprint density at radius 2 is 2.00 bits per heavy atom. The molecule has 1 heterocycles. The molecule has 1 aliphatic rings. The molecule has 2 unspecified atom stereocenters. The van der Waals surface area contributed by atoms with Crippen LogP contribution < -0.4 is 10.6 Å². The van der Waals surface area contributed by atoms with Gasteiger partial charge < -0.3 is 15.7 Å². The van der Waals surface area contributed by atoms with E-state index in [2.05, 4.69) is 15.5 Å². The van der Waals surface area contributed by atoms with Gasteiger partial charge in [-0.15, -0.1) is 0 Å². The van der Waals surface area contributed by atoms with Crippen molar-refractivity contribution < 1.29 is 14.7 Å². The van der Waals surface area contributed by atoms with Gasteiger partial charge in [-0.3, -0.25) is 14.5 Å². The molecule has 1 aliphatic heterocycles. The van der Waals surface area contributed by atoms with Gasteiger partial charge in [-0.1, -0.05) is 13.3 Å². The molecule has 6 nitrogen and oxygen atoms in total. The van der Waals surface area contributed by atoms with Gasteiger partial charge >= 0.3 is 5.97 Å². The van der Waals surface area contributed by atoms with Crippen molar-refractivity contribution in [1.82, 2.24) is 15.5 Å². The normalized spacial score (nSPS) is 19.5. The molecular weight excluding hydrogens is 270 g/mol. The van der Waals surface area contributed by atoms with Gasteiger partial charge in [0.1, 0.15) is 0 Å². The first kappa shape index (κ1) is 17.9. The highest BCUT2D eigenvalue weighted by Gasteiger charge is 2.15. The van der Waals surface area contributed by atoms with E-state index in [0.717, 1.165) is 45.4 Å². The predicted molar refractivity (Wildman–Crippen MR) is 82.2 cm³/mol. The van der Waals surface area contributed by atoms with Crippen LogP contribution in [0.5, 0.6) is 0 Å². The molecule has 1 saturated heterocycles. The van der Waals surface area contributed by atoms with Crippen molar-refractivity contribution in [3.05, 3.63) is 0 Å². The van der Waals surface area contributed by atoms with Crippen LogP contribution in [0.15, 0.2) is 0 Å². The highest BCUT2D eigenvalue weighted by molar-refractivity contribution is 5.78. The molecule has 0 aromatic rings. The quantitative estimate of drug-likeness (QED) is 0.614. The smallest absolute Gasteiger partial charge is 0.306 e. The maximum absolute atomic E-state index is 12.0. The minimum atomic E-state index is -0.749. The lowest BCUT2D eigenvalue weighted by Crippen LogP contribution is -2.42. The summed E-state index contributed by atoms with van der Waals surface area (Å²) in [6, 6.07) is 0.101. The number of carbonyl (C=O) groups excluding carboxylic acids is 1. The molecule has 2 atom stereocenters. The summed E-state index contributed by atoms with van der Waals surface area (Å²) in [5.74, 6) is -0.991. The second-order valence-corrected chi connectivity index (χ2v) is 6.02. The van der Waals surface area contributed by atoms with E-state index < -0.39 is 5.97 Å². The summed E-state index contributed by atoms with van der Waals surface area (Å²) in [6.45, 7) is 8.00. The fourth-order valence-corrected chi connectivity index (χ4v) is 2.51. The zero-order valence-electron chi connectivity index (χ0n) is 13.2. The molecule has 0 saturated carbocycles. The van der Waals surface area contributed by atoms with Gasteiger partial charge in [0, 0.05) is 19.1 Å². The first-order valence-electron chi connectivity index (χ1n) is 7.94. The van der Waals surface area contributed by atoms with Crippen LogP contribution in [0.25, 0.3) is 0 Å². The summed E-state index contributed by atoms with van der Waals surface area (Å²) in [5, 5.41) is 15.1. The highest BCUT2D eigenvalue weighted by Crippen LogP contribution is 2.09. The number of nitrogens with zero attached hydrogens (tertiary/aromatic N) is 1. The van der Waals surface area contributed by atoms with Crippen molar-refractivity contribution in [2.24, 2.45) is 5.92 Å². The molecule has 1 rings (SSSR count). The van der Waals surface area contributed by atoms with Gasteiger partial charge in [-0.25, -0.2) is 0 Å². The molecule has 1 amide bonds. The first-order chi connectivity index (χ1) is 9.99. The third-order valence-corrected chi connectivity index (χ3v) is 3.90. The van der Waals surface area contributed by atoms with Crippen LogP contribution >= 0.6 is 0 Å². The zero-order chi connectivity index (χ0) is 15.7. The highest BCUT2D eigenvalue weighted by atomic mass is 16.4. The molecule has 0 aromatic heterocycles. The molecule has 0 bridgehead atoms. The zero-order valence-corrected chi connectivity index (χ0v) is 13.2. The Bertz CT molecular complexity index is 328. The molecule has 3 N–H and O–H groups in total. The van der Waals surface area contributed by atoms with E-state index >= 15 is 0 Å². The topological polar surface area (TPSA) is 81.7 Å². The second-order valence-electron chi connectivity index (χ2n) is 6.02. The summed E-state index contributed by atoms with van der Waals surface area (Å²) in [6.07, 6.45) is 3.39. The number of hydrogen-bond acceptors (Lipinski definition) is 4. The number of carboxylic acid groups (broad SMARTS) is 1. The van der Waals surface area contributed by atoms with E-state index in [1.807, 2.05) is 6.92 Å². The van der Waals surface area contributed by atoms with Crippen molar-refractivity contribution in [2.45, 2.75) is 45.6 Å². The van der Waals surface area contributed by atoms with Gasteiger partial charge in [0.15, 0.2) is 0 Å². The predicted octanol–water partition coefficient (Wildman–Crippen LogP) is 0.677. The first-order valence-corrected chi connectivity index (χ1v) is 7.94. The van der Waals surface area contributed by atoms with E-state index in [1.165, 1.54) is 0 Å². The van der Waals surface area contributed by atoms with Gasteiger partial charge in [-0.2, -0.15) is 0 Å². The van der Waals surface area contributed by atoms with E-state index in [0.29, 0.717) is 13.0 Å². The summed E-state index contributed by atoms with van der Waals surface area (Å²) < 4.78 is 0. The average molecular weight is 299 g/mol. The number of carboxylic acids is 1. The molecular formula is C15H29N3O3. The fraction of sp³-hybridized carbons (Fsp3) is 0.867. The third-order valence-electron chi connectivity index (χ3n) is 3.90. The molecule has 122 valence electrons. The van der Waals surface area contributed by atoms with E-state index in [9.17, 15) is 9.59 Å². The van der Waals surface area contributed by atoms with Crippen LogP contribution in [0.3, 0.4) is 0 Å². The largest absolute Gasteiger partial charge is 0.481 e. The maximum Gasteiger partial charge on any atom is 0.306 e. The fourth-order valence-electron chi connectivity index (χ4n) is 2.51. The Morgan fingerprint density at radius 1 is 1.24 bits per heavy atom. The van der Waals surface area contributed by atoms with Crippen LogP contribution in [0.2, 0.25) is 0 Å². The van der Waals surface area contributed by atoms with Crippen molar-refractivity contribution in [1.29, 1.82) is 0 Å². The second kappa shape index (κ2) is 9.73. The third kappa shape index (κ3) is 8.02. The summed E-state index contributed by atoms with van der Waals surface area (Å²) in [5.41, 5.74) is 0. The molecule has 1 fully saturated rings. The molecule has 0 radical (unpaired) electrons. The molecule has 0 aromatic carbocycles. The minimum absolute atomic E-state index is 0.0654. The van der Waals surface area contributed by atoms with E-state index in [1.54, 1.807) is 6.92 Å². The van der Waals surface area contributed by atoms with E-state index in [-0.39, 0.29) is 17.9 Å². The lowest BCUT2D eigenvalue weighted by atomic mass is 10.0. The van der Waals surface area contributed by atoms with Crippen molar-refractivity contribution in [3.8, 4) is 0 Å². The number of aliphatic carboxylic acids is 1. The van der Waals surface area contributed by atoms with Crippen LogP contribution in [-0.2, 0) is 9.59 Å². The minimum Gasteiger partial charge on any atom is -0.481 e. The molecule has 0 aliphatic carbocycles. The van der Waals surface area contributed by atoms with Gasteiger partial charge in [0.05, 0.1) is 12.5 Å². The Labute approximate surface area is 127 Å². The van der Waals surface area contributed by atoms with Gasteiger partial charge in [-0.05, 0) is 39.3 Å². The van der Waals surface area contributed by atoms with Crippen molar-refractivity contribution in [3.63, 3.8) is 0 Å². The number of amides is 1. The average Bonchev–Trinajstić information content (AvgIpc) is 2.66. The van der Waals surface area contributed by atoms with Crippen LogP contribution in [0, 0.1) is 5.92 Å². The maximum atomic E-state index is 12.0. The van der Waals surface area contributed by atoms with Crippen LogP contribution in [0.1, 0.15) is 39.5 Å². The standard InChI is InChI=1S/C15H29N3O3/c1-12(15(20)21)5-3-6-13(2)17-14(19)11-18-9-4-7-16-8-10-18/h12-13,16H,3-11H2,1-2H3,(H,17,19)(H,20,21). The molecule has 21 heavy (non-hydrogen) atoms. The lowest BCUT2D eigenvalue weighted by Gasteiger charge is -2.21. The van der Waals surface area contributed by atoms with Gasteiger partial charge in [0.2, 0.25) is 5.91 Å². The lowest BCUT2D eigenvalue weighted by molar-refractivity contribution is -0.141. The summed E-state index contributed by atoms with van der Waals surface area (Å²) in [7, 11) is 0. The summed E-state index contributed by atoms with van der Waals surface area (Å²) >= 11 is 0. The SMILES string of the molecule is CC(CCCC(C)C(=O)O)NC(=O)CN1CCCNCC1. The number of carbonyl (C=O) groups is 2. The number of nitrogens with one attached hydrogen (secondary N) is 2.